The third-order valence-electron chi connectivity index (χ3n) is 2.70. The molecule has 13 heavy (non-hydrogen) atoms. The van der Waals surface area contributed by atoms with Crippen LogP contribution in [0.3, 0.4) is 0 Å². The molecule has 3 heteroatoms. The first-order chi connectivity index (χ1) is 6.24. The quantitative estimate of drug-likeness (QED) is 0.709. The van der Waals surface area contributed by atoms with Gasteiger partial charge in [-0.05, 0) is 38.8 Å². The van der Waals surface area contributed by atoms with Gasteiger partial charge in [0.1, 0.15) is 0 Å². The molecule has 0 saturated carbocycles. The van der Waals surface area contributed by atoms with Gasteiger partial charge < -0.3 is 10.0 Å². The van der Waals surface area contributed by atoms with Crippen LogP contribution in [0.4, 0.5) is 0 Å². The molecule has 1 heterocycles. The van der Waals surface area contributed by atoms with E-state index in [0.717, 1.165) is 19.5 Å². The summed E-state index contributed by atoms with van der Waals surface area (Å²) in [5, 5.41) is 8.57. The lowest BCUT2D eigenvalue weighted by molar-refractivity contribution is -0.137. The summed E-state index contributed by atoms with van der Waals surface area (Å²) in [6, 6.07) is 0.538. The van der Waals surface area contributed by atoms with E-state index in [-0.39, 0.29) is 0 Å². The molecule has 0 radical (unpaired) electrons. The Hall–Kier alpha value is -0.570. The molecule has 0 spiro atoms. The molecule has 1 unspecified atom stereocenters. The number of rotatable bonds is 5. The van der Waals surface area contributed by atoms with Gasteiger partial charge in [-0.3, -0.25) is 4.79 Å². The summed E-state index contributed by atoms with van der Waals surface area (Å²) in [4.78, 5) is 12.8. The molecule has 0 aromatic heterocycles. The smallest absolute Gasteiger partial charge is 0.303 e. The molecule has 0 aromatic carbocycles. The molecule has 1 N–H and O–H groups in total. The Morgan fingerprint density at radius 3 is 3.00 bits per heavy atom. The van der Waals surface area contributed by atoms with Gasteiger partial charge in [-0.1, -0.05) is 6.92 Å². The number of nitrogens with zero attached hydrogens (tertiary/aromatic N) is 1. The monoisotopic (exact) mass is 185 g/mol. The van der Waals surface area contributed by atoms with Crippen molar-refractivity contribution in [3.05, 3.63) is 0 Å². The second kappa shape index (κ2) is 5.22. The number of carboxylic acid groups (broad SMARTS) is 1. The molecule has 1 fully saturated rings. The van der Waals surface area contributed by atoms with Crippen LogP contribution in [0.2, 0.25) is 0 Å². The minimum atomic E-state index is -0.664. The zero-order valence-corrected chi connectivity index (χ0v) is 8.33. The Labute approximate surface area is 79.7 Å². The van der Waals surface area contributed by atoms with Crippen molar-refractivity contribution in [2.75, 3.05) is 13.1 Å². The van der Waals surface area contributed by atoms with Crippen molar-refractivity contribution >= 4 is 5.97 Å². The average Bonchev–Trinajstić information content (AvgIpc) is 2.49. The number of hydrogen-bond acceptors (Lipinski definition) is 2. The van der Waals surface area contributed by atoms with Crippen molar-refractivity contribution in [1.82, 2.24) is 4.90 Å². The largest absolute Gasteiger partial charge is 0.481 e. The lowest BCUT2D eigenvalue weighted by Crippen LogP contribution is -2.30. The number of carboxylic acids is 1. The molecule has 1 rings (SSSR count). The second-order valence-corrected chi connectivity index (χ2v) is 3.76. The van der Waals surface area contributed by atoms with Crippen LogP contribution >= 0.6 is 0 Å². The molecule has 0 amide bonds. The van der Waals surface area contributed by atoms with Crippen molar-refractivity contribution in [3.8, 4) is 0 Å². The highest BCUT2D eigenvalue weighted by Crippen LogP contribution is 2.21. The second-order valence-electron chi connectivity index (χ2n) is 3.76. The zero-order chi connectivity index (χ0) is 9.68. The zero-order valence-electron chi connectivity index (χ0n) is 8.33. The van der Waals surface area contributed by atoms with Crippen molar-refractivity contribution < 1.29 is 9.90 Å². The summed E-state index contributed by atoms with van der Waals surface area (Å²) in [7, 11) is 0. The van der Waals surface area contributed by atoms with Crippen LogP contribution in [-0.4, -0.2) is 35.1 Å². The summed E-state index contributed by atoms with van der Waals surface area (Å²) in [6.45, 7) is 4.47. The van der Waals surface area contributed by atoms with Gasteiger partial charge in [0.25, 0.3) is 0 Å². The molecule has 3 nitrogen and oxygen atoms in total. The molecule has 76 valence electrons. The Morgan fingerprint density at radius 2 is 2.38 bits per heavy atom. The lowest BCUT2D eigenvalue weighted by atomic mass is 10.1. The van der Waals surface area contributed by atoms with Crippen LogP contribution in [-0.2, 0) is 4.79 Å². The third kappa shape index (κ3) is 3.35. The fraction of sp³-hybridized carbons (Fsp3) is 0.900. The van der Waals surface area contributed by atoms with E-state index in [4.69, 9.17) is 5.11 Å². The van der Waals surface area contributed by atoms with Crippen LogP contribution < -0.4 is 0 Å². The van der Waals surface area contributed by atoms with E-state index in [1.165, 1.54) is 19.3 Å². The van der Waals surface area contributed by atoms with Crippen LogP contribution in [0, 0.1) is 0 Å². The van der Waals surface area contributed by atoms with E-state index in [0.29, 0.717) is 12.5 Å². The number of carbonyl (C=O) groups is 1. The number of hydrogen-bond donors (Lipinski definition) is 1. The van der Waals surface area contributed by atoms with Crippen LogP contribution in [0.5, 0.6) is 0 Å². The first kappa shape index (κ1) is 10.5. The minimum absolute atomic E-state index is 0.324. The molecular weight excluding hydrogens is 166 g/mol. The van der Waals surface area contributed by atoms with Gasteiger partial charge in [-0.25, -0.2) is 0 Å². The number of aliphatic carboxylic acids is 1. The summed E-state index contributed by atoms with van der Waals surface area (Å²) in [6.07, 6.45) is 4.75. The maximum absolute atomic E-state index is 10.4. The predicted octanol–water partition coefficient (Wildman–Crippen LogP) is 1.73. The van der Waals surface area contributed by atoms with Gasteiger partial charge in [-0.15, -0.1) is 0 Å². The predicted molar refractivity (Wildman–Crippen MR) is 51.8 cm³/mol. The molecule has 0 aromatic rings. The van der Waals surface area contributed by atoms with Gasteiger partial charge in [-0.2, -0.15) is 0 Å². The fourth-order valence-electron chi connectivity index (χ4n) is 2.09. The highest BCUT2D eigenvalue weighted by Gasteiger charge is 2.23. The van der Waals surface area contributed by atoms with Gasteiger partial charge in [0.2, 0.25) is 0 Å². The normalized spacial score (nSPS) is 23.6. The van der Waals surface area contributed by atoms with Gasteiger partial charge >= 0.3 is 5.97 Å². The van der Waals surface area contributed by atoms with E-state index in [2.05, 4.69) is 11.8 Å². The summed E-state index contributed by atoms with van der Waals surface area (Å²) in [5.41, 5.74) is 0. The Bertz CT molecular complexity index is 170. The SMILES string of the molecule is CCCN1CCCC1CCC(=O)O. The maximum atomic E-state index is 10.4. The third-order valence-corrected chi connectivity index (χ3v) is 2.70. The van der Waals surface area contributed by atoms with E-state index < -0.39 is 5.97 Å². The van der Waals surface area contributed by atoms with Gasteiger partial charge in [0, 0.05) is 12.5 Å². The van der Waals surface area contributed by atoms with Crippen molar-refractivity contribution in [1.29, 1.82) is 0 Å². The molecule has 0 aliphatic carbocycles. The minimum Gasteiger partial charge on any atom is -0.481 e. The molecule has 1 aliphatic heterocycles. The molecular formula is C10H19NO2. The summed E-state index contributed by atoms with van der Waals surface area (Å²) in [5.74, 6) is -0.664. The Morgan fingerprint density at radius 1 is 1.62 bits per heavy atom. The van der Waals surface area contributed by atoms with Crippen molar-refractivity contribution in [3.63, 3.8) is 0 Å². The van der Waals surface area contributed by atoms with E-state index in [9.17, 15) is 4.79 Å². The topological polar surface area (TPSA) is 40.5 Å². The molecule has 1 atom stereocenters. The highest BCUT2D eigenvalue weighted by molar-refractivity contribution is 5.66. The number of likely N-dealkylation sites (tertiary alicyclic amines) is 1. The summed E-state index contributed by atoms with van der Waals surface area (Å²) >= 11 is 0. The maximum Gasteiger partial charge on any atom is 0.303 e. The van der Waals surface area contributed by atoms with E-state index in [1.54, 1.807) is 0 Å². The van der Waals surface area contributed by atoms with E-state index in [1.807, 2.05) is 0 Å². The molecule has 1 aliphatic rings. The van der Waals surface area contributed by atoms with E-state index >= 15 is 0 Å². The molecule has 1 saturated heterocycles. The molecule has 0 bridgehead atoms. The Balaban J connectivity index is 2.26. The van der Waals surface area contributed by atoms with Crippen LogP contribution in [0.1, 0.15) is 39.0 Å². The van der Waals surface area contributed by atoms with Crippen LogP contribution in [0.25, 0.3) is 0 Å². The van der Waals surface area contributed by atoms with Gasteiger partial charge in [0.05, 0.1) is 0 Å². The van der Waals surface area contributed by atoms with Crippen molar-refractivity contribution in [2.24, 2.45) is 0 Å². The van der Waals surface area contributed by atoms with Gasteiger partial charge in [0.15, 0.2) is 0 Å². The summed E-state index contributed by atoms with van der Waals surface area (Å²) < 4.78 is 0. The highest BCUT2D eigenvalue weighted by atomic mass is 16.4. The lowest BCUT2D eigenvalue weighted by Gasteiger charge is -2.22. The van der Waals surface area contributed by atoms with Crippen molar-refractivity contribution in [2.45, 2.75) is 45.1 Å². The standard InChI is InChI=1S/C10H19NO2/c1-2-7-11-8-3-4-9(11)5-6-10(12)13/h9H,2-8H2,1H3,(H,12,13). The first-order valence-electron chi connectivity index (χ1n) is 5.20. The fourth-order valence-corrected chi connectivity index (χ4v) is 2.09. The Kier molecular flexibility index (Phi) is 4.22. The van der Waals surface area contributed by atoms with Crippen LogP contribution in [0.15, 0.2) is 0 Å². The first-order valence-corrected chi connectivity index (χ1v) is 5.20. The average molecular weight is 185 g/mol.